The average Bonchev–Trinajstić information content (AvgIpc) is 2.66. The summed E-state index contributed by atoms with van der Waals surface area (Å²) < 4.78 is 5.72. The Morgan fingerprint density at radius 3 is 2.21 bits per heavy atom. The van der Waals surface area contributed by atoms with Gasteiger partial charge in [0.05, 0.1) is 11.5 Å². The molecule has 0 spiro atoms. The van der Waals surface area contributed by atoms with Crippen LogP contribution in [0.3, 0.4) is 0 Å². The number of rotatable bonds is 9. The molecule has 0 bridgehead atoms. The van der Waals surface area contributed by atoms with E-state index in [2.05, 4.69) is 4.90 Å². The van der Waals surface area contributed by atoms with Gasteiger partial charge in [0.1, 0.15) is 5.75 Å². The molecule has 2 aromatic rings. The van der Waals surface area contributed by atoms with Crippen LogP contribution >= 0.6 is 0 Å². The number of non-ortho nitro benzene ring substituents is 1. The first-order valence-corrected chi connectivity index (χ1v) is 8.84. The Morgan fingerprint density at radius 2 is 1.71 bits per heavy atom. The molecular weight excluding hydrogens is 362 g/mol. The molecule has 2 rings (SSSR count). The summed E-state index contributed by atoms with van der Waals surface area (Å²) in [5.74, 6) is 0.593. The average molecular weight is 387 g/mol. The van der Waals surface area contributed by atoms with E-state index in [1.165, 1.54) is 24.1 Å². The summed E-state index contributed by atoms with van der Waals surface area (Å²) >= 11 is 0. The third-order valence-electron chi connectivity index (χ3n) is 4.44. The molecule has 2 aromatic carbocycles. The molecule has 0 radical (unpaired) electrons. The van der Waals surface area contributed by atoms with Gasteiger partial charge in [0.15, 0.2) is 0 Å². The highest BCUT2D eigenvalue weighted by atomic mass is 16.6. The summed E-state index contributed by atoms with van der Waals surface area (Å²) in [6.07, 6.45) is -0.225. The van der Waals surface area contributed by atoms with Crippen molar-refractivity contribution in [3.05, 3.63) is 69.8 Å². The molecule has 1 amide bonds. The quantitative estimate of drug-likeness (QED) is 0.520. The van der Waals surface area contributed by atoms with Crippen LogP contribution < -0.4 is 4.74 Å². The van der Waals surface area contributed by atoms with Gasteiger partial charge >= 0.3 is 6.09 Å². The number of ether oxygens (including phenoxy) is 1. The Morgan fingerprint density at radius 1 is 1.11 bits per heavy atom. The largest absolute Gasteiger partial charge is 0.494 e. The van der Waals surface area contributed by atoms with E-state index in [4.69, 9.17) is 9.84 Å². The molecule has 28 heavy (non-hydrogen) atoms. The lowest BCUT2D eigenvalue weighted by molar-refractivity contribution is -0.384. The van der Waals surface area contributed by atoms with Crippen molar-refractivity contribution in [3.63, 3.8) is 0 Å². The molecule has 0 heterocycles. The van der Waals surface area contributed by atoms with E-state index in [-0.39, 0.29) is 11.7 Å². The maximum Gasteiger partial charge on any atom is 0.407 e. The summed E-state index contributed by atoms with van der Waals surface area (Å²) in [7, 11) is 5.51. The van der Waals surface area contributed by atoms with E-state index >= 15 is 0 Å². The van der Waals surface area contributed by atoms with Gasteiger partial charge in [-0.2, -0.15) is 0 Å². The second-order valence-electron chi connectivity index (χ2n) is 6.75. The zero-order chi connectivity index (χ0) is 20.7. The highest BCUT2D eigenvalue weighted by molar-refractivity contribution is 5.64. The van der Waals surface area contributed by atoms with Crippen molar-refractivity contribution in [1.82, 2.24) is 9.80 Å². The van der Waals surface area contributed by atoms with Crippen LogP contribution in [0.25, 0.3) is 0 Å². The topological polar surface area (TPSA) is 96.2 Å². The molecule has 150 valence electrons. The first-order valence-electron chi connectivity index (χ1n) is 8.84. The van der Waals surface area contributed by atoms with Gasteiger partial charge in [-0.05, 0) is 37.4 Å². The lowest BCUT2D eigenvalue weighted by Crippen LogP contribution is -2.24. The van der Waals surface area contributed by atoms with Crippen molar-refractivity contribution in [1.29, 1.82) is 0 Å². The summed E-state index contributed by atoms with van der Waals surface area (Å²) in [5, 5.41) is 19.7. The van der Waals surface area contributed by atoms with E-state index in [9.17, 15) is 14.9 Å². The predicted octanol–water partition coefficient (Wildman–Crippen LogP) is 3.78. The van der Waals surface area contributed by atoms with Crippen molar-refractivity contribution in [3.8, 4) is 5.75 Å². The van der Waals surface area contributed by atoms with Crippen molar-refractivity contribution in [2.45, 2.75) is 19.0 Å². The number of hydrogen-bond donors (Lipinski definition) is 1. The van der Waals surface area contributed by atoms with Gasteiger partial charge in [0.25, 0.3) is 5.69 Å². The van der Waals surface area contributed by atoms with Gasteiger partial charge in [-0.15, -0.1) is 0 Å². The number of carbonyl (C=O) groups is 1. The van der Waals surface area contributed by atoms with E-state index in [0.717, 1.165) is 17.5 Å². The standard InChI is InChI=1S/C20H25N3O5/c1-21(2)19(12-13-28-18-10-8-17(9-11-18)23(26)27)16-6-4-15(5-7-16)14-22(3)20(24)25/h4-11,19H,12-14H2,1-3H3,(H,24,25)/t19-/m0/s1. The van der Waals surface area contributed by atoms with E-state index in [1.807, 2.05) is 38.4 Å². The molecular formula is C20H25N3O5. The molecule has 0 aliphatic carbocycles. The molecule has 0 saturated heterocycles. The Balaban J connectivity index is 1.95. The molecule has 8 nitrogen and oxygen atoms in total. The first-order chi connectivity index (χ1) is 13.3. The van der Waals surface area contributed by atoms with Crippen LogP contribution in [0.4, 0.5) is 10.5 Å². The maximum absolute atomic E-state index is 10.9. The van der Waals surface area contributed by atoms with Crippen LogP contribution in [0, 0.1) is 10.1 Å². The number of amides is 1. The Bertz CT molecular complexity index is 790. The molecule has 0 aromatic heterocycles. The minimum absolute atomic E-state index is 0.0344. The molecule has 0 saturated carbocycles. The highest BCUT2D eigenvalue weighted by Gasteiger charge is 2.15. The number of nitro groups is 1. The van der Waals surface area contributed by atoms with Crippen LogP contribution in [0.2, 0.25) is 0 Å². The highest BCUT2D eigenvalue weighted by Crippen LogP contribution is 2.24. The second kappa shape index (κ2) is 9.70. The van der Waals surface area contributed by atoms with Crippen LogP contribution in [-0.2, 0) is 6.54 Å². The summed E-state index contributed by atoms with van der Waals surface area (Å²) in [6, 6.07) is 14.0. The lowest BCUT2D eigenvalue weighted by Gasteiger charge is -2.25. The maximum atomic E-state index is 10.9. The Kier molecular flexibility index (Phi) is 7.34. The fourth-order valence-corrected chi connectivity index (χ4v) is 2.86. The van der Waals surface area contributed by atoms with Gasteiger partial charge in [-0.3, -0.25) is 10.1 Å². The Hall–Kier alpha value is -3.13. The van der Waals surface area contributed by atoms with Gasteiger partial charge in [-0.25, -0.2) is 4.79 Å². The molecule has 0 aliphatic heterocycles. The summed E-state index contributed by atoms with van der Waals surface area (Å²) in [5.41, 5.74) is 2.07. The van der Waals surface area contributed by atoms with Gasteiger partial charge in [0, 0.05) is 38.2 Å². The van der Waals surface area contributed by atoms with Crippen molar-refractivity contribution in [2.24, 2.45) is 0 Å². The third kappa shape index (κ3) is 5.95. The monoisotopic (exact) mass is 387 g/mol. The van der Waals surface area contributed by atoms with Crippen molar-refractivity contribution >= 4 is 11.8 Å². The van der Waals surface area contributed by atoms with Crippen molar-refractivity contribution in [2.75, 3.05) is 27.7 Å². The fraction of sp³-hybridized carbons (Fsp3) is 0.350. The van der Waals surface area contributed by atoms with Crippen LogP contribution in [0.5, 0.6) is 5.75 Å². The van der Waals surface area contributed by atoms with E-state index in [0.29, 0.717) is 18.9 Å². The van der Waals surface area contributed by atoms with Crippen molar-refractivity contribution < 1.29 is 19.6 Å². The third-order valence-corrected chi connectivity index (χ3v) is 4.44. The zero-order valence-corrected chi connectivity index (χ0v) is 16.2. The molecule has 8 heteroatoms. The second-order valence-corrected chi connectivity index (χ2v) is 6.75. The molecule has 0 aliphatic rings. The van der Waals surface area contributed by atoms with Crippen LogP contribution in [0.1, 0.15) is 23.6 Å². The first kappa shape index (κ1) is 21.2. The number of carboxylic acid groups (broad SMARTS) is 1. The zero-order valence-electron chi connectivity index (χ0n) is 16.2. The number of benzene rings is 2. The minimum Gasteiger partial charge on any atom is -0.494 e. The van der Waals surface area contributed by atoms with E-state index < -0.39 is 11.0 Å². The molecule has 1 N–H and O–H groups in total. The number of nitro benzene ring substituents is 1. The molecule has 1 atom stereocenters. The SMILES string of the molecule is CN(Cc1ccc([C@H](CCOc2ccc([N+](=O)[O-])cc2)N(C)C)cc1)C(=O)O. The van der Waals surface area contributed by atoms with Gasteiger partial charge in [0.2, 0.25) is 0 Å². The number of nitrogens with zero attached hydrogens (tertiary/aromatic N) is 3. The van der Waals surface area contributed by atoms with Crippen LogP contribution in [-0.4, -0.2) is 53.7 Å². The Labute approximate surface area is 164 Å². The normalized spacial score (nSPS) is 11.9. The summed E-state index contributed by atoms with van der Waals surface area (Å²) in [4.78, 5) is 24.5. The molecule has 0 unspecified atom stereocenters. The number of hydrogen-bond acceptors (Lipinski definition) is 5. The summed E-state index contributed by atoms with van der Waals surface area (Å²) in [6.45, 7) is 0.801. The van der Waals surface area contributed by atoms with Gasteiger partial charge < -0.3 is 19.6 Å². The fourth-order valence-electron chi connectivity index (χ4n) is 2.86. The van der Waals surface area contributed by atoms with Crippen LogP contribution in [0.15, 0.2) is 48.5 Å². The van der Waals surface area contributed by atoms with E-state index in [1.54, 1.807) is 12.1 Å². The van der Waals surface area contributed by atoms with Gasteiger partial charge in [-0.1, -0.05) is 24.3 Å². The lowest BCUT2D eigenvalue weighted by atomic mass is 10.0. The molecule has 0 fully saturated rings. The minimum atomic E-state index is -0.960. The predicted molar refractivity (Wildman–Crippen MR) is 106 cm³/mol. The smallest absolute Gasteiger partial charge is 0.407 e.